The molecule has 1 saturated carbocycles. The fourth-order valence-corrected chi connectivity index (χ4v) is 2.03. The molecule has 0 radical (unpaired) electrons. The van der Waals surface area contributed by atoms with E-state index in [9.17, 15) is 0 Å². The Labute approximate surface area is 93.5 Å². The van der Waals surface area contributed by atoms with E-state index in [0.29, 0.717) is 6.04 Å². The zero-order valence-corrected chi connectivity index (χ0v) is 10.1. The van der Waals surface area contributed by atoms with Gasteiger partial charge in [0, 0.05) is 6.42 Å². The van der Waals surface area contributed by atoms with Gasteiger partial charge in [-0.25, -0.2) is 5.84 Å². The molecule has 0 unspecified atom stereocenters. The normalized spacial score (nSPS) is 19.6. The average Bonchev–Trinajstić information content (AvgIpc) is 2.25. The van der Waals surface area contributed by atoms with E-state index in [1.54, 1.807) is 0 Å². The summed E-state index contributed by atoms with van der Waals surface area (Å²) >= 11 is 0. The van der Waals surface area contributed by atoms with E-state index in [0.717, 1.165) is 24.6 Å². The van der Waals surface area contributed by atoms with Crippen molar-refractivity contribution in [1.29, 1.82) is 0 Å². The van der Waals surface area contributed by atoms with E-state index >= 15 is 0 Å². The molecular formula is C12H25N3. The Kier molecular flexibility index (Phi) is 5.69. The zero-order chi connectivity index (χ0) is 11.1. The van der Waals surface area contributed by atoms with Crippen molar-refractivity contribution in [3.05, 3.63) is 0 Å². The van der Waals surface area contributed by atoms with Crippen LogP contribution < -0.4 is 11.3 Å². The molecule has 0 bridgehead atoms. The summed E-state index contributed by atoms with van der Waals surface area (Å²) in [6.45, 7) is 4.46. The van der Waals surface area contributed by atoms with E-state index < -0.39 is 0 Å². The predicted molar refractivity (Wildman–Crippen MR) is 65.7 cm³/mol. The van der Waals surface area contributed by atoms with Gasteiger partial charge >= 0.3 is 0 Å². The Bertz CT molecular complexity index is 193. The first-order valence-electron chi connectivity index (χ1n) is 6.25. The lowest BCUT2D eigenvalue weighted by molar-refractivity contribution is 0.441. The first-order valence-corrected chi connectivity index (χ1v) is 6.25. The van der Waals surface area contributed by atoms with Crippen molar-refractivity contribution in [3.63, 3.8) is 0 Å². The zero-order valence-electron chi connectivity index (χ0n) is 10.1. The van der Waals surface area contributed by atoms with E-state index in [2.05, 4.69) is 19.3 Å². The molecule has 1 aliphatic carbocycles. The van der Waals surface area contributed by atoms with Crippen molar-refractivity contribution in [2.45, 2.75) is 64.8 Å². The summed E-state index contributed by atoms with van der Waals surface area (Å²) < 4.78 is 0. The number of nitrogens with two attached hydrogens (primary N) is 1. The molecule has 0 aromatic rings. The molecule has 1 aliphatic rings. The van der Waals surface area contributed by atoms with Gasteiger partial charge < -0.3 is 5.43 Å². The number of hydrogen-bond donors (Lipinski definition) is 2. The van der Waals surface area contributed by atoms with Crippen LogP contribution in [0.15, 0.2) is 4.99 Å². The number of nitrogens with zero attached hydrogens (tertiary/aromatic N) is 1. The summed E-state index contributed by atoms with van der Waals surface area (Å²) in [5.74, 6) is 7.21. The molecule has 3 N–H and O–H groups in total. The van der Waals surface area contributed by atoms with Crippen LogP contribution in [0, 0.1) is 5.92 Å². The average molecular weight is 211 g/mol. The summed E-state index contributed by atoms with van der Waals surface area (Å²) in [5, 5.41) is 0. The van der Waals surface area contributed by atoms with Crippen molar-refractivity contribution in [1.82, 2.24) is 5.43 Å². The lowest BCUT2D eigenvalue weighted by atomic mass is 9.96. The summed E-state index contributed by atoms with van der Waals surface area (Å²) in [4.78, 5) is 4.71. The number of rotatable bonds is 4. The second kappa shape index (κ2) is 6.83. The van der Waals surface area contributed by atoms with Crippen LogP contribution in [0.5, 0.6) is 0 Å². The van der Waals surface area contributed by atoms with Gasteiger partial charge in [0.15, 0.2) is 0 Å². The van der Waals surface area contributed by atoms with Crippen molar-refractivity contribution in [2.24, 2.45) is 16.8 Å². The van der Waals surface area contributed by atoms with Crippen LogP contribution in [-0.2, 0) is 0 Å². The summed E-state index contributed by atoms with van der Waals surface area (Å²) in [5.41, 5.74) is 2.75. The SMILES string of the molecule is CC(C)CCC(=NC1CCCCC1)NN. The van der Waals surface area contributed by atoms with Crippen LogP contribution >= 0.6 is 0 Å². The molecule has 0 aromatic carbocycles. The molecule has 0 atom stereocenters. The Morgan fingerprint density at radius 2 is 2.00 bits per heavy atom. The first kappa shape index (κ1) is 12.5. The van der Waals surface area contributed by atoms with Crippen LogP contribution in [0.3, 0.4) is 0 Å². The standard InChI is InChI=1S/C12H25N3/c1-10(2)8-9-12(15-13)14-11-6-4-3-5-7-11/h10-11H,3-9,13H2,1-2H3,(H,14,15). The second-order valence-electron chi connectivity index (χ2n) is 4.94. The van der Waals surface area contributed by atoms with E-state index in [1.165, 1.54) is 32.1 Å². The predicted octanol–water partition coefficient (Wildman–Crippen LogP) is 2.62. The molecule has 1 rings (SSSR count). The maximum Gasteiger partial charge on any atom is 0.111 e. The summed E-state index contributed by atoms with van der Waals surface area (Å²) in [7, 11) is 0. The van der Waals surface area contributed by atoms with Crippen LogP contribution in [0.1, 0.15) is 58.8 Å². The second-order valence-corrected chi connectivity index (χ2v) is 4.94. The third-order valence-corrected chi connectivity index (χ3v) is 3.04. The Morgan fingerprint density at radius 1 is 1.33 bits per heavy atom. The van der Waals surface area contributed by atoms with Gasteiger partial charge in [-0.05, 0) is 25.2 Å². The molecule has 88 valence electrons. The monoisotopic (exact) mass is 211 g/mol. The highest BCUT2D eigenvalue weighted by molar-refractivity contribution is 5.81. The molecule has 15 heavy (non-hydrogen) atoms. The van der Waals surface area contributed by atoms with Crippen LogP contribution in [0.4, 0.5) is 0 Å². The Hall–Kier alpha value is -0.570. The lowest BCUT2D eigenvalue weighted by Crippen LogP contribution is -2.32. The molecule has 0 heterocycles. The third kappa shape index (κ3) is 5.17. The maximum atomic E-state index is 5.50. The van der Waals surface area contributed by atoms with Gasteiger partial charge in [0.2, 0.25) is 0 Å². The number of hydrogen-bond acceptors (Lipinski definition) is 2. The van der Waals surface area contributed by atoms with Gasteiger partial charge in [-0.1, -0.05) is 33.1 Å². The molecule has 0 aliphatic heterocycles. The van der Waals surface area contributed by atoms with Gasteiger partial charge in [0.1, 0.15) is 5.84 Å². The van der Waals surface area contributed by atoms with Crippen LogP contribution in [0.2, 0.25) is 0 Å². The van der Waals surface area contributed by atoms with Gasteiger partial charge in [0.05, 0.1) is 6.04 Å². The molecule has 0 aromatic heterocycles. The van der Waals surface area contributed by atoms with E-state index in [4.69, 9.17) is 10.8 Å². The third-order valence-electron chi connectivity index (χ3n) is 3.04. The number of amidine groups is 1. The van der Waals surface area contributed by atoms with Gasteiger partial charge in [0.25, 0.3) is 0 Å². The molecule has 3 nitrogen and oxygen atoms in total. The molecule has 1 fully saturated rings. The van der Waals surface area contributed by atoms with Crippen LogP contribution in [0.25, 0.3) is 0 Å². The van der Waals surface area contributed by atoms with Crippen molar-refractivity contribution in [3.8, 4) is 0 Å². The smallest absolute Gasteiger partial charge is 0.111 e. The number of hydrazine groups is 1. The summed E-state index contributed by atoms with van der Waals surface area (Å²) in [6.07, 6.45) is 8.68. The summed E-state index contributed by atoms with van der Waals surface area (Å²) in [6, 6.07) is 0.525. The molecule has 0 spiro atoms. The van der Waals surface area contributed by atoms with Gasteiger partial charge in [-0.3, -0.25) is 4.99 Å². The molecule has 0 saturated heterocycles. The Morgan fingerprint density at radius 3 is 2.53 bits per heavy atom. The van der Waals surface area contributed by atoms with Gasteiger partial charge in [-0.2, -0.15) is 0 Å². The minimum atomic E-state index is 0.525. The minimum absolute atomic E-state index is 0.525. The molecular weight excluding hydrogens is 186 g/mol. The first-order chi connectivity index (χ1) is 7.22. The van der Waals surface area contributed by atoms with Crippen LogP contribution in [-0.4, -0.2) is 11.9 Å². The molecule has 3 heteroatoms. The minimum Gasteiger partial charge on any atom is -0.312 e. The van der Waals surface area contributed by atoms with E-state index in [1.807, 2.05) is 0 Å². The van der Waals surface area contributed by atoms with Crippen molar-refractivity contribution >= 4 is 5.84 Å². The highest BCUT2D eigenvalue weighted by Gasteiger charge is 2.12. The quantitative estimate of drug-likeness (QED) is 0.325. The lowest BCUT2D eigenvalue weighted by Gasteiger charge is -2.19. The highest BCUT2D eigenvalue weighted by atomic mass is 15.3. The largest absolute Gasteiger partial charge is 0.312 e. The number of aliphatic imine (C=N–C) groups is 1. The van der Waals surface area contributed by atoms with Crippen molar-refractivity contribution in [2.75, 3.05) is 0 Å². The Balaban J connectivity index is 2.37. The van der Waals surface area contributed by atoms with Crippen molar-refractivity contribution < 1.29 is 0 Å². The maximum absolute atomic E-state index is 5.50. The fraction of sp³-hybridized carbons (Fsp3) is 0.917. The highest BCUT2D eigenvalue weighted by Crippen LogP contribution is 2.20. The van der Waals surface area contributed by atoms with Gasteiger partial charge in [-0.15, -0.1) is 0 Å². The molecule has 0 amide bonds. The fourth-order valence-electron chi connectivity index (χ4n) is 2.03. The van der Waals surface area contributed by atoms with E-state index in [-0.39, 0.29) is 0 Å². The topological polar surface area (TPSA) is 50.4 Å². The number of nitrogens with one attached hydrogen (secondary N) is 1.